The van der Waals surface area contributed by atoms with E-state index in [1.165, 1.54) is 49.6 Å². The van der Waals surface area contributed by atoms with Crippen LogP contribution in [0, 0.1) is 33.8 Å². The molecule has 2 fully saturated rings. The first-order chi connectivity index (χ1) is 21.2. The Morgan fingerprint density at radius 2 is 1.48 bits per heavy atom. The number of rotatable bonds is 9. The van der Waals surface area contributed by atoms with E-state index in [0.717, 1.165) is 22.2 Å². The summed E-state index contributed by atoms with van der Waals surface area (Å²) in [5, 5.41) is 12.7. The first-order valence-corrected chi connectivity index (χ1v) is 13.8. The molecule has 12 nitrogen and oxygen atoms in total. The van der Waals surface area contributed by atoms with E-state index in [1.807, 2.05) is 12.2 Å². The summed E-state index contributed by atoms with van der Waals surface area (Å²) in [6, 6.07) is 16.7. The fourth-order valence-corrected chi connectivity index (χ4v) is 6.08. The van der Waals surface area contributed by atoms with E-state index in [9.17, 15) is 34.1 Å². The van der Waals surface area contributed by atoms with Gasteiger partial charge in [-0.25, -0.2) is 9.80 Å². The molecular weight excluding hydrogens is 570 g/mol. The Morgan fingerprint density at radius 3 is 2.07 bits per heavy atom. The number of amides is 3. The van der Waals surface area contributed by atoms with E-state index in [0.29, 0.717) is 12.2 Å². The van der Waals surface area contributed by atoms with Crippen LogP contribution in [0.3, 0.4) is 0 Å². The minimum atomic E-state index is -0.834. The minimum absolute atomic E-state index is 0.0399. The van der Waals surface area contributed by atoms with E-state index in [2.05, 4.69) is 0 Å². The predicted molar refractivity (Wildman–Crippen MR) is 152 cm³/mol. The number of carbonyl (C=O) groups is 5. The molecule has 0 N–H and O–H groups in total. The summed E-state index contributed by atoms with van der Waals surface area (Å²) in [7, 11) is 1.48. The minimum Gasteiger partial charge on any atom is -0.497 e. The second-order valence-electron chi connectivity index (χ2n) is 10.7. The van der Waals surface area contributed by atoms with E-state index < -0.39 is 52.8 Å². The molecule has 3 aromatic rings. The van der Waals surface area contributed by atoms with E-state index in [1.54, 1.807) is 18.2 Å². The Balaban J connectivity index is 1.23. The van der Waals surface area contributed by atoms with E-state index in [4.69, 9.17) is 9.47 Å². The largest absolute Gasteiger partial charge is 0.497 e. The number of allylic oxidation sites excluding steroid dienone is 2. The molecule has 0 aromatic heterocycles. The maximum Gasteiger partial charge on any atom is 0.343 e. The molecule has 3 aliphatic rings. The number of nitro groups is 1. The lowest BCUT2D eigenvalue weighted by molar-refractivity contribution is -0.384. The monoisotopic (exact) mass is 595 g/mol. The number of fused-ring (bicyclic) bond motifs is 5. The van der Waals surface area contributed by atoms with Gasteiger partial charge in [0.05, 0.1) is 29.4 Å². The summed E-state index contributed by atoms with van der Waals surface area (Å²) in [6.45, 7) is -0.654. The van der Waals surface area contributed by atoms with E-state index >= 15 is 0 Å². The zero-order valence-electron chi connectivity index (χ0n) is 23.3. The molecule has 1 aliphatic heterocycles. The molecule has 44 heavy (non-hydrogen) atoms. The van der Waals surface area contributed by atoms with Crippen LogP contribution in [0.15, 0.2) is 84.9 Å². The first-order valence-electron chi connectivity index (χ1n) is 13.8. The lowest BCUT2D eigenvalue weighted by Crippen LogP contribution is -2.52. The van der Waals surface area contributed by atoms with Gasteiger partial charge in [-0.2, -0.15) is 5.01 Å². The molecule has 0 spiro atoms. The molecule has 4 atom stereocenters. The highest BCUT2D eigenvalue weighted by Crippen LogP contribution is 2.52. The Kier molecular flexibility index (Phi) is 7.25. The Morgan fingerprint density at radius 1 is 0.864 bits per heavy atom. The molecule has 3 aromatic carbocycles. The summed E-state index contributed by atoms with van der Waals surface area (Å²) in [5.74, 6) is -4.00. The van der Waals surface area contributed by atoms with Crippen molar-refractivity contribution in [3.8, 4) is 11.5 Å². The van der Waals surface area contributed by atoms with Gasteiger partial charge in [-0.05, 0) is 72.9 Å². The fourth-order valence-electron chi connectivity index (χ4n) is 6.08. The highest BCUT2D eigenvalue weighted by atomic mass is 16.6. The number of hydrogen-bond donors (Lipinski definition) is 0. The molecule has 6 rings (SSSR count). The third-order valence-electron chi connectivity index (χ3n) is 8.23. The molecule has 0 radical (unpaired) electrons. The second-order valence-corrected chi connectivity index (χ2v) is 10.7. The number of esters is 1. The highest BCUT2D eigenvalue weighted by molar-refractivity contribution is 6.10. The molecule has 3 amide bonds. The average Bonchev–Trinajstić information content (AvgIpc) is 3.73. The van der Waals surface area contributed by atoms with Crippen LogP contribution < -0.4 is 9.47 Å². The first kappa shape index (κ1) is 28.5. The van der Waals surface area contributed by atoms with Crippen LogP contribution in [0.5, 0.6) is 11.5 Å². The Labute approximate surface area is 250 Å². The predicted octanol–water partition coefficient (Wildman–Crippen LogP) is 3.87. The third-order valence-corrected chi connectivity index (χ3v) is 8.23. The summed E-state index contributed by atoms with van der Waals surface area (Å²) >= 11 is 0. The van der Waals surface area contributed by atoms with Crippen LogP contribution in [0.25, 0.3) is 0 Å². The molecule has 1 heterocycles. The molecule has 1 saturated heterocycles. The number of Topliss-reactive ketones (excluding diaryl/α,β-unsaturated/α-hetero) is 1. The number of ketones is 1. The summed E-state index contributed by atoms with van der Waals surface area (Å²) in [4.78, 5) is 77.3. The van der Waals surface area contributed by atoms with Crippen molar-refractivity contribution in [1.82, 2.24) is 10.0 Å². The maximum atomic E-state index is 13.7. The summed E-state index contributed by atoms with van der Waals surface area (Å²) in [6.07, 6.45) is 4.51. The molecule has 1 saturated carbocycles. The van der Waals surface area contributed by atoms with Gasteiger partial charge in [0.15, 0.2) is 5.78 Å². The van der Waals surface area contributed by atoms with Crippen LogP contribution in [-0.4, -0.2) is 58.1 Å². The van der Waals surface area contributed by atoms with Crippen LogP contribution in [-0.2, 0) is 9.59 Å². The third kappa shape index (κ3) is 5.00. The number of non-ortho nitro benzene ring substituents is 1. The Hall–Kier alpha value is -5.65. The number of carbonyl (C=O) groups excluding carboxylic acids is 5. The standard InChI is InChI=1S/C32H25N3O9/c1-43-25-4-2-3-22(16-25)32(40)44-24-13-9-18(10-14-24)26(36)17-33(29(37)19-7-11-23(12-8-19)35(41)42)34-30(38)27-20-5-6-21(15-20)28(27)31(34)39/h2-14,16,20-21,27-28H,15,17H2,1H3/t20-,21-,27-,28+/m0/s1. The van der Waals surface area contributed by atoms with Crippen molar-refractivity contribution in [2.45, 2.75) is 6.42 Å². The molecule has 222 valence electrons. The van der Waals surface area contributed by atoms with Gasteiger partial charge in [-0.15, -0.1) is 0 Å². The lowest BCUT2D eigenvalue weighted by Gasteiger charge is -2.30. The Bertz CT molecular complexity index is 1700. The normalized spacial score (nSPS) is 21.2. The number of methoxy groups -OCH3 is 1. The van der Waals surface area contributed by atoms with Gasteiger partial charge < -0.3 is 9.47 Å². The van der Waals surface area contributed by atoms with Gasteiger partial charge in [0.25, 0.3) is 23.4 Å². The average molecular weight is 596 g/mol. The van der Waals surface area contributed by atoms with Gasteiger partial charge in [-0.1, -0.05) is 18.2 Å². The zero-order valence-corrected chi connectivity index (χ0v) is 23.3. The number of ether oxygens (including phenoxy) is 2. The molecule has 0 unspecified atom stereocenters. The highest BCUT2D eigenvalue weighted by Gasteiger charge is 2.61. The van der Waals surface area contributed by atoms with Crippen molar-refractivity contribution in [3.63, 3.8) is 0 Å². The molecule has 12 heteroatoms. The van der Waals surface area contributed by atoms with Crippen molar-refractivity contribution in [3.05, 3.63) is 112 Å². The van der Waals surface area contributed by atoms with Gasteiger partial charge in [0, 0.05) is 23.3 Å². The molecule has 2 aliphatic carbocycles. The topological polar surface area (TPSA) is 153 Å². The van der Waals surface area contributed by atoms with Crippen molar-refractivity contribution in [2.75, 3.05) is 13.7 Å². The number of hydrogen-bond acceptors (Lipinski definition) is 9. The number of nitro benzene ring substituents is 1. The number of benzene rings is 3. The maximum absolute atomic E-state index is 13.7. The molecule has 2 bridgehead atoms. The van der Waals surface area contributed by atoms with E-state index in [-0.39, 0.29) is 40.0 Å². The quantitative estimate of drug-likeness (QED) is 0.0682. The fraction of sp³-hybridized carbons (Fsp3) is 0.219. The van der Waals surface area contributed by atoms with Gasteiger partial charge >= 0.3 is 5.97 Å². The van der Waals surface area contributed by atoms with Crippen molar-refractivity contribution in [1.29, 1.82) is 0 Å². The van der Waals surface area contributed by atoms with Gasteiger partial charge in [0.1, 0.15) is 18.0 Å². The van der Waals surface area contributed by atoms with Gasteiger partial charge in [-0.3, -0.25) is 29.3 Å². The zero-order chi connectivity index (χ0) is 31.1. The number of imide groups is 1. The van der Waals surface area contributed by atoms with Gasteiger partial charge in [0.2, 0.25) is 0 Å². The summed E-state index contributed by atoms with van der Waals surface area (Å²) in [5.41, 5.74) is 0.107. The van der Waals surface area contributed by atoms with Crippen molar-refractivity contribution >= 4 is 35.2 Å². The van der Waals surface area contributed by atoms with Crippen molar-refractivity contribution < 1.29 is 38.4 Å². The van der Waals surface area contributed by atoms with Crippen LogP contribution in [0.1, 0.15) is 37.5 Å². The lowest BCUT2D eigenvalue weighted by atomic mass is 9.85. The number of nitrogens with zero attached hydrogens (tertiary/aromatic N) is 3. The van der Waals surface area contributed by atoms with Crippen LogP contribution in [0.4, 0.5) is 5.69 Å². The molecular formula is C32H25N3O9. The van der Waals surface area contributed by atoms with Crippen LogP contribution in [0.2, 0.25) is 0 Å². The summed E-state index contributed by atoms with van der Waals surface area (Å²) < 4.78 is 10.5. The smallest absolute Gasteiger partial charge is 0.343 e. The number of hydrazine groups is 1. The van der Waals surface area contributed by atoms with Crippen LogP contribution >= 0.6 is 0 Å². The SMILES string of the molecule is COc1cccc(C(=O)Oc2ccc(C(=O)CN(C(=O)c3ccc([N+](=O)[O-])cc3)N3C(=O)[C@@H]4[C@H](C3=O)[C@H]3C=C[C@H]4C3)cc2)c1. The van der Waals surface area contributed by atoms with Crippen molar-refractivity contribution in [2.24, 2.45) is 23.7 Å². The second kappa shape index (κ2) is 11.2.